The van der Waals surface area contributed by atoms with E-state index in [9.17, 15) is 0 Å². The first kappa shape index (κ1) is 15.0. The molecular weight excluding hydrogens is 208 g/mol. The first-order valence-corrected chi connectivity index (χ1v) is 6.95. The molecule has 1 aliphatic heterocycles. The van der Waals surface area contributed by atoms with Crippen molar-refractivity contribution in [3.63, 3.8) is 0 Å². The molecule has 0 N–H and O–H groups in total. The molecule has 0 bridgehead atoms. The third-order valence-electron chi connectivity index (χ3n) is 4.27. The van der Waals surface area contributed by atoms with Crippen molar-refractivity contribution in [2.24, 2.45) is 11.3 Å². The van der Waals surface area contributed by atoms with Gasteiger partial charge in [-0.25, -0.2) is 0 Å². The second kappa shape index (κ2) is 4.55. The molecule has 102 valence electrons. The standard InChI is InChI=1S/C15H32N2/c1-11-10-17(15(6,7)8)13(14(3,4)5)16(9)12(11)2/h11-13H,10H2,1-9H3. The summed E-state index contributed by atoms with van der Waals surface area (Å²) in [5, 5.41) is 0. The van der Waals surface area contributed by atoms with Crippen LogP contribution in [0, 0.1) is 11.3 Å². The van der Waals surface area contributed by atoms with Crippen LogP contribution in [0.2, 0.25) is 0 Å². The molecule has 1 aliphatic rings. The van der Waals surface area contributed by atoms with Gasteiger partial charge >= 0.3 is 0 Å². The zero-order chi connectivity index (χ0) is 13.6. The highest BCUT2D eigenvalue weighted by Crippen LogP contribution is 2.37. The largest absolute Gasteiger partial charge is 0.287 e. The monoisotopic (exact) mass is 240 g/mol. The first-order valence-electron chi connectivity index (χ1n) is 6.95. The first-order chi connectivity index (χ1) is 7.46. The third-order valence-corrected chi connectivity index (χ3v) is 4.27. The normalized spacial score (nSPS) is 34.1. The molecule has 0 aromatic carbocycles. The minimum Gasteiger partial charge on any atom is -0.287 e. The van der Waals surface area contributed by atoms with Gasteiger partial charge in [-0.3, -0.25) is 9.80 Å². The van der Waals surface area contributed by atoms with Crippen LogP contribution in [0.4, 0.5) is 0 Å². The predicted octanol–water partition coefficient (Wildman–Crippen LogP) is 3.43. The molecule has 3 unspecified atom stereocenters. The Kier molecular flexibility index (Phi) is 4.01. The SMILES string of the molecule is CC1CN(C(C)(C)C)C(C(C)(C)C)N(C)C1C. The van der Waals surface area contributed by atoms with Gasteiger partial charge in [0.05, 0.1) is 6.17 Å². The summed E-state index contributed by atoms with van der Waals surface area (Å²) in [6, 6.07) is 0.665. The van der Waals surface area contributed by atoms with E-state index in [1.54, 1.807) is 0 Å². The number of nitrogens with zero attached hydrogens (tertiary/aromatic N) is 2. The molecule has 1 rings (SSSR count). The zero-order valence-corrected chi connectivity index (χ0v) is 13.3. The van der Waals surface area contributed by atoms with Gasteiger partial charge in [0.2, 0.25) is 0 Å². The van der Waals surface area contributed by atoms with Gasteiger partial charge < -0.3 is 0 Å². The van der Waals surface area contributed by atoms with E-state index in [1.165, 1.54) is 6.54 Å². The Morgan fingerprint density at radius 1 is 0.941 bits per heavy atom. The second-order valence-electron chi connectivity index (χ2n) is 7.95. The van der Waals surface area contributed by atoms with Gasteiger partial charge in [-0.15, -0.1) is 0 Å². The average Bonchev–Trinajstić information content (AvgIpc) is 2.09. The third kappa shape index (κ3) is 3.03. The Morgan fingerprint density at radius 3 is 1.76 bits per heavy atom. The van der Waals surface area contributed by atoms with Crippen LogP contribution in [0.5, 0.6) is 0 Å². The lowest BCUT2D eigenvalue weighted by Crippen LogP contribution is -2.67. The molecule has 1 fully saturated rings. The van der Waals surface area contributed by atoms with Crippen molar-refractivity contribution in [3.05, 3.63) is 0 Å². The van der Waals surface area contributed by atoms with Crippen LogP contribution in [-0.4, -0.2) is 41.1 Å². The van der Waals surface area contributed by atoms with E-state index < -0.39 is 0 Å². The zero-order valence-electron chi connectivity index (χ0n) is 13.3. The highest BCUT2D eigenvalue weighted by Gasteiger charge is 2.45. The molecule has 0 radical (unpaired) electrons. The number of rotatable bonds is 0. The maximum atomic E-state index is 2.68. The van der Waals surface area contributed by atoms with E-state index >= 15 is 0 Å². The van der Waals surface area contributed by atoms with Crippen LogP contribution in [0.1, 0.15) is 55.4 Å². The fourth-order valence-corrected chi connectivity index (χ4v) is 3.13. The predicted molar refractivity (Wildman–Crippen MR) is 76.1 cm³/mol. The van der Waals surface area contributed by atoms with Crippen molar-refractivity contribution < 1.29 is 0 Å². The summed E-state index contributed by atoms with van der Waals surface area (Å²) in [6.07, 6.45) is 0.522. The lowest BCUT2D eigenvalue weighted by molar-refractivity contribution is -0.128. The second-order valence-corrected chi connectivity index (χ2v) is 7.95. The lowest BCUT2D eigenvalue weighted by atomic mass is 9.82. The van der Waals surface area contributed by atoms with Gasteiger partial charge in [-0.05, 0) is 46.1 Å². The van der Waals surface area contributed by atoms with Gasteiger partial charge in [0.25, 0.3) is 0 Å². The molecule has 0 aliphatic carbocycles. The fraction of sp³-hybridized carbons (Fsp3) is 1.00. The van der Waals surface area contributed by atoms with Crippen LogP contribution >= 0.6 is 0 Å². The summed E-state index contributed by atoms with van der Waals surface area (Å²) in [5.74, 6) is 0.734. The van der Waals surface area contributed by atoms with Crippen molar-refractivity contribution in [2.45, 2.75) is 73.1 Å². The molecule has 1 saturated heterocycles. The Labute approximate surface area is 108 Å². The minimum atomic E-state index is 0.237. The molecule has 17 heavy (non-hydrogen) atoms. The molecule has 1 heterocycles. The van der Waals surface area contributed by atoms with Crippen LogP contribution < -0.4 is 0 Å². The van der Waals surface area contributed by atoms with Crippen LogP contribution in [0.3, 0.4) is 0 Å². The highest BCUT2D eigenvalue weighted by molar-refractivity contribution is 4.96. The van der Waals surface area contributed by atoms with Gasteiger partial charge in [-0.1, -0.05) is 27.7 Å². The molecule has 0 aromatic heterocycles. The van der Waals surface area contributed by atoms with Crippen molar-refractivity contribution >= 4 is 0 Å². The van der Waals surface area contributed by atoms with Crippen LogP contribution in [0.25, 0.3) is 0 Å². The Hall–Kier alpha value is -0.0800. The van der Waals surface area contributed by atoms with Gasteiger partial charge in [0, 0.05) is 18.1 Å². The van der Waals surface area contributed by atoms with E-state index in [-0.39, 0.29) is 11.0 Å². The topological polar surface area (TPSA) is 6.48 Å². The molecular formula is C15H32N2. The molecule has 0 spiro atoms. The summed E-state index contributed by atoms with van der Waals surface area (Å²) in [4.78, 5) is 5.25. The van der Waals surface area contributed by atoms with E-state index in [0.717, 1.165) is 5.92 Å². The van der Waals surface area contributed by atoms with E-state index in [4.69, 9.17) is 0 Å². The summed E-state index contributed by atoms with van der Waals surface area (Å²) in [5.41, 5.74) is 0.525. The Bertz CT molecular complexity index is 259. The van der Waals surface area contributed by atoms with E-state index in [1.807, 2.05) is 0 Å². The fourth-order valence-electron chi connectivity index (χ4n) is 3.13. The molecule has 0 amide bonds. The van der Waals surface area contributed by atoms with Crippen LogP contribution in [0.15, 0.2) is 0 Å². The molecule has 0 saturated carbocycles. The summed E-state index contributed by atoms with van der Waals surface area (Å²) in [6.45, 7) is 20.0. The molecule has 2 heteroatoms. The van der Waals surface area contributed by atoms with Crippen molar-refractivity contribution in [3.8, 4) is 0 Å². The van der Waals surface area contributed by atoms with Crippen molar-refractivity contribution in [2.75, 3.05) is 13.6 Å². The Morgan fingerprint density at radius 2 is 1.41 bits per heavy atom. The summed E-state index contributed by atoms with van der Waals surface area (Å²) < 4.78 is 0. The number of hydrogen-bond acceptors (Lipinski definition) is 2. The number of hydrogen-bond donors (Lipinski definition) is 0. The van der Waals surface area contributed by atoms with Crippen LogP contribution in [-0.2, 0) is 0 Å². The molecule has 3 atom stereocenters. The smallest absolute Gasteiger partial charge is 0.0676 e. The molecule has 0 aromatic rings. The summed E-state index contributed by atoms with van der Waals surface area (Å²) in [7, 11) is 2.29. The maximum absolute atomic E-state index is 2.68. The van der Waals surface area contributed by atoms with E-state index in [2.05, 4.69) is 72.2 Å². The average molecular weight is 240 g/mol. The van der Waals surface area contributed by atoms with Crippen molar-refractivity contribution in [1.29, 1.82) is 0 Å². The molecule has 2 nitrogen and oxygen atoms in total. The Balaban J connectivity index is 3.09. The van der Waals surface area contributed by atoms with Gasteiger partial charge in [0.1, 0.15) is 0 Å². The van der Waals surface area contributed by atoms with E-state index in [0.29, 0.717) is 12.2 Å². The maximum Gasteiger partial charge on any atom is 0.0676 e. The lowest BCUT2D eigenvalue weighted by Gasteiger charge is -2.58. The summed E-state index contributed by atoms with van der Waals surface area (Å²) >= 11 is 0. The van der Waals surface area contributed by atoms with Crippen molar-refractivity contribution in [1.82, 2.24) is 9.80 Å². The van der Waals surface area contributed by atoms with Gasteiger partial charge in [0.15, 0.2) is 0 Å². The minimum absolute atomic E-state index is 0.237. The highest BCUT2D eigenvalue weighted by atomic mass is 15.4. The quantitative estimate of drug-likeness (QED) is 0.640. The van der Waals surface area contributed by atoms with Gasteiger partial charge in [-0.2, -0.15) is 0 Å².